The Labute approximate surface area is 57.0 Å². The van der Waals surface area contributed by atoms with Gasteiger partial charge < -0.3 is 0 Å². The van der Waals surface area contributed by atoms with Crippen LogP contribution in [0.3, 0.4) is 0 Å². The van der Waals surface area contributed by atoms with Gasteiger partial charge in [-0.15, -0.1) is 0 Å². The third kappa shape index (κ3) is 1.43. The second kappa shape index (κ2) is 3.18. The topological polar surface area (TPSA) is 27.0 Å². The van der Waals surface area contributed by atoms with Gasteiger partial charge in [0.25, 0.3) is 0 Å². The maximum absolute atomic E-state index is 7.19. The lowest BCUT2D eigenvalue weighted by atomic mass is 10.2. The summed E-state index contributed by atoms with van der Waals surface area (Å²) in [4.78, 5) is 2.40. The number of nitrogens with one attached hydrogen (secondary N) is 1. The van der Waals surface area contributed by atoms with E-state index in [0.29, 0.717) is 12.6 Å². The Hall–Kier alpha value is -0.0800. The van der Waals surface area contributed by atoms with Crippen LogP contribution in [0.2, 0.25) is 0 Å². The van der Waals surface area contributed by atoms with Crippen molar-refractivity contribution < 1.29 is 0 Å². The van der Waals surface area contributed by atoms with Crippen molar-refractivity contribution in [2.75, 3.05) is 19.6 Å². The lowest BCUT2D eigenvalue weighted by Gasteiger charge is -2.19. The van der Waals surface area contributed by atoms with Crippen molar-refractivity contribution >= 4 is 0 Å². The molecule has 1 N–H and O–H groups in total. The summed E-state index contributed by atoms with van der Waals surface area (Å²) in [6.07, 6.45) is 2.55. The Bertz CT molecular complexity index is 73.0. The molecule has 0 unspecified atom stereocenters. The molecule has 1 atom stereocenters. The molecule has 0 bridgehead atoms. The van der Waals surface area contributed by atoms with E-state index in [2.05, 4.69) is 11.8 Å². The van der Waals surface area contributed by atoms with Gasteiger partial charge in [-0.05, 0) is 25.9 Å². The fraction of sp³-hybridized carbons (Fsp3) is 1.00. The molecule has 1 aliphatic heterocycles. The van der Waals surface area contributed by atoms with Gasteiger partial charge in [0.05, 0.1) is 0 Å². The largest absolute Gasteiger partial charge is 0.299 e. The normalized spacial score (nSPS) is 29.3. The lowest BCUT2D eigenvalue weighted by Crippen LogP contribution is -2.32. The predicted octanol–water partition coefficient (Wildman–Crippen LogP) is 0.754. The van der Waals surface area contributed by atoms with Crippen LogP contribution in [-0.2, 0) is 0 Å². The molecule has 2 heteroatoms. The Morgan fingerprint density at radius 3 is 2.89 bits per heavy atom. The minimum atomic E-state index is 0.579. The molecule has 0 aromatic carbocycles. The smallest absolute Gasteiger partial charge is 0.0256 e. The maximum atomic E-state index is 7.19. The standard InChI is InChI=1S/C7H15N2/c1-2-9-5-3-4-7(9)6-8/h7-8H,2-6H2,1H3/t7-/m0/s1. The molecule has 1 saturated heterocycles. The maximum Gasteiger partial charge on any atom is 0.0256 e. The van der Waals surface area contributed by atoms with Gasteiger partial charge in [-0.2, -0.15) is 0 Å². The average molecular weight is 127 g/mol. The van der Waals surface area contributed by atoms with Crippen LogP contribution in [0.1, 0.15) is 19.8 Å². The van der Waals surface area contributed by atoms with Crippen LogP contribution in [0, 0.1) is 0 Å². The molecule has 0 spiro atoms. The van der Waals surface area contributed by atoms with Crippen molar-refractivity contribution in [1.29, 1.82) is 0 Å². The van der Waals surface area contributed by atoms with Crippen molar-refractivity contribution in [3.63, 3.8) is 0 Å². The van der Waals surface area contributed by atoms with E-state index in [1.807, 2.05) is 0 Å². The van der Waals surface area contributed by atoms with Gasteiger partial charge >= 0.3 is 0 Å². The molecule has 2 nitrogen and oxygen atoms in total. The first-order chi connectivity index (χ1) is 4.38. The van der Waals surface area contributed by atoms with E-state index in [0.717, 1.165) is 6.54 Å². The highest BCUT2D eigenvalue weighted by molar-refractivity contribution is 4.77. The Morgan fingerprint density at radius 1 is 1.67 bits per heavy atom. The van der Waals surface area contributed by atoms with Gasteiger partial charge in [0.15, 0.2) is 0 Å². The molecular formula is C7H15N2. The number of likely N-dealkylation sites (tertiary alicyclic amines) is 1. The summed E-state index contributed by atoms with van der Waals surface area (Å²) in [6, 6.07) is 0.579. The fourth-order valence-electron chi connectivity index (χ4n) is 1.54. The highest BCUT2D eigenvalue weighted by Crippen LogP contribution is 2.14. The zero-order valence-electron chi connectivity index (χ0n) is 6.06. The van der Waals surface area contributed by atoms with E-state index in [4.69, 9.17) is 5.73 Å². The summed E-state index contributed by atoms with van der Waals surface area (Å²) < 4.78 is 0. The van der Waals surface area contributed by atoms with Gasteiger partial charge in [0, 0.05) is 12.6 Å². The zero-order chi connectivity index (χ0) is 6.69. The summed E-state index contributed by atoms with van der Waals surface area (Å²) in [6.45, 7) is 5.12. The third-order valence-corrected chi connectivity index (χ3v) is 2.14. The quantitative estimate of drug-likeness (QED) is 0.538. The second-order valence-electron chi connectivity index (χ2n) is 2.63. The lowest BCUT2D eigenvalue weighted by molar-refractivity contribution is 0.271. The molecule has 1 heterocycles. The average Bonchev–Trinajstić information content (AvgIpc) is 2.33. The Morgan fingerprint density at radius 2 is 2.44 bits per heavy atom. The predicted molar refractivity (Wildman–Crippen MR) is 38.2 cm³/mol. The van der Waals surface area contributed by atoms with Crippen LogP contribution in [0.4, 0.5) is 0 Å². The molecule has 0 aliphatic carbocycles. The number of hydrogen-bond acceptors (Lipinski definition) is 1. The number of hydrogen-bond donors (Lipinski definition) is 0. The van der Waals surface area contributed by atoms with Crippen molar-refractivity contribution in [3.05, 3.63) is 0 Å². The van der Waals surface area contributed by atoms with Gasteiger partial charge in [0.1, 0.15) is 0 Å². The molecule has 53 valence electrons. The van der Waals surface area contributed by atoms with E-state index < -0.39 is 0 Å². The summed E-state index contributed by atoms with van der Waals surface area (Å²) in [7, 11) is 0. The number of nitrogens with zero attached hydrogens (tertiary/aromatic N) is 1. The molecule has 0 amide bonds. The molecule has 0 aromatic rings. The van der Waals surface area contributed by atoms with Crippen molar-refractivity contribution in [1.82, 2.24) is 10.6 Å². The van der Waals surface area contributed by atoms with Crippen molar-refractivity contribution in [2.45, 2.75) is 25.8 Å². The summed E-state index contributed by atoms with van der Waals surface area (Å²) in [5.41, 5.74) is 7.19. The van der Waals surface area contributed by atoms with E-state index in [9.17, 15) is 0 Å². The Kier molecular flexibility index (Phi) is 2.49. The van der Waals surface area contributed by atoms with Crippen LogP contribution in [0.25, 0.3) is 0 Å². The highest BCUT2D eigenvalue weighted by atomic mass is 15.2. The van der Waals surface area contributed by atoms with Crippen LogP contribution in [-0.4, -0.2) is 30.6 Å². The summed E-state index contributed by atoms with van der Waals surface area (Å²) >= 11 is 0. The van der Waals surface area contributed by atoms with Crippen molar-refractivity contribution in [2.24, 2.45) is 0 Å². The van der Waals surface area contributed by atoms with E-state index >= 15 is 0 Å². The van der Waals surface area contributed by atoms with Gasteiger partial charge in [-0.25, -0.2) is 0 Å². The zero-order valence-corrected chi connectivity index (χ0v) is 6.06. The van der Waals surface area contributed by atoms with Crippen LogP contribution < -0.4 is 5.73 Å². The molecule has 0 aromatic heterocycles. The first-order valence-corrected chi connectivity index (χ1v) is 3.77. The molecule has 9 heavy (non-hydrogen) atoms. The minimum Gasteiger partial charge on any atom is -0.299 e. The number of rotatable bonds is 2. The second-order valence-corrected chi connectivity index (χ2v) is 2.63. The molecule has 1 aliphatic rings. The van der Waals surface area contributed by atoms with Gasteiger partial charge in [0.2, 0.25) is 0 Å². The number of likely N-dealkylation sites (N-methyl/N-ethyl adjacent to an activating group) is 1. The molecule has 1 fully saturated rings. The first-order valence-electron chi connectivity index (χ1n) is 3.77. The fourth-order valence-corrected chi connectivity index (χ4v) is 1.54. The van der Waals surface area contributed by atoms with Crippen molar-refractivity contribution in [3.8, 4) is 0 Å². The van der Waals surface area contributed by atoms with Crippen LogP contribution in [0.5, 0.6) is 0 Å². The van der Waals surface area contributed by atoms with E-state index in [-0.39, 0.29) is 0 Å². The molecule has 1 radical (unpaired) electrons. The molecule has 0 saturated carbocycles. The summed E-state index contributed by atoms with van der Waals surface area (Å²) in [5, 5.41) is 0. The molecule has 1 rings (SSSR count). The molecular weight excluding hydrogens is 112 g/mol. The highest BCUT2D eigenvalue weighted by Gasteiger charge is 2.20. The van der Waals surface area contributed by atoms with Crippen LogP contribution >= 0.6 is 0 Å². The monoisotopic (exact) mass is 127 g/mol. The van der Waals surface area contributed by atoms with Gasteiger partial charge in [-0.3, -0.25) is 10.6 Å². The Balaban J connectivity index is 2.32. The van der Waals surface area contributed by atoms with E-state index in [1.54, 1.807) is 0 Å². The SMILES string of the molecule is CCN1CCC[C@H]1C[NH]. The van der Waals surface area contributed by atoms with Crippen LogP contribution in [0.15, 0.2) is 0 Å². The third-order valence-electron chi connectivity index (χ3n) is 2.14. The first kappa shape index (κ1) is 7.03. The minimum absolute atomic E-state index is 0.579. The van der Waals surface area contributed by atoms with E-state index in [1.165, 1.54) is 19.4 Å². The van der Waals surface area contributed by atoms with Gasteiger partial charge in [-0.1, -0.05) is 6.92 Å². The summed E-state index contributed by atoms with van der Waals surface area (Å²) in [5.74, 6) is 0.